The Morgan fingerprint density at radius 2 is 2.06 bits per heavy atom. The quantitative estimate of drug-likeness (QED) is 0.696. The number of aliphatic hydroxyl groups excluding tert-OH is 2. The van der Waals surface area contributed by atoms with Crippen LogP contribution in [0.5, 0.6) is 0 Å². The predicted molar refractivity (Wildman–Crippen MR) is 56.9 cm³/mol. The summed E-state index contributed by atoms with van der Waals surface area (Å²) in [6, 6.07) is 1.82. The topological polar surface area (TPSA) is 90.7 Å². The van der Waals surface area contributed by atoms with Crippen LogP contribution in [0.1, 0.15) is 29.3 Å². The molecule has 1 rings (SSSR count). The van der Waals surface area contributed by atoms with Gasteiger partial charge in [-0.3, -0.25) is 9.78 Å². The third-order valence-electron chi connectivity index (χ3n) is 2.28. The van der Waals surface area contributed by atoms with Gasteiger partial charge in [0.15, 0.2) is 0 Å². The van der Waals surface area contributed by atoms with E-state index >= 15 is 0 Å². The molecule has 2 atom stereocenters. The molecule has 3 N–H and O–H groups in total. The van der Waals surface area contributed by atoms with Crippen molar-refractivity contribution in [3.8, 4) is 0 Å². The third kappa shape index (κ3) is 3.01. The number of rotatable bonds is 4. The van der Waals surface area contributed by atoms with Crippen molar-refractivity contribution in [1.29, 1.82) is 0 Å². The van der Waals surface area contributed by atoms with Crippen molar-refractivity contribution in [1.82, 2.24) is 4.98 Å². The van der Waals surface area contributed by atoms with Crippen molar-refractivity contribution in [2.45, 2.75) is 32.5 Å². The molecule has 0 saturated heterocycles. The Morgan fingerprint density at radius 1 is 1.44 bits per heavy atom. The Bertz CT molecular complexity index is 392. The summed E-state index contributed by atoms with van der Waals surface area (Å²) in [6.45, 7) is 3.62. The number of pyridine rings is 1. The third-order valence-corrected chi connectivity index (χ3v) is 2.28. The first-order valence-corrected chi connectivity index (χ1v) is 4.93. The summed E-state index contributed by atoms with van der Waals surface area (Å²) in [5, 5.41) is 27.7. The van der Waals surface area contributed by atoms with Gasteiger partial charge in [0.2, 0.25) is 0 Å². The molecule has 0 saturated carbocycles. The van der Waals surface area contributed by atoms with Crippen LogP contribution < -0.4 is 0 Å². The van der Waals surface area contributed by atoms with E-state index in [0.717, 1.165) is 11.1 Å². The molecule has 2 unspecified atom stereocenters. The summed E-state index contributed by atoms with van der Waals surface area (Å²) in [4.78, 5) is 14.4. The number of carboxylic acid groups (broad SMARTS) is 1. The van der Waals surface area contributed by atoms with Crippen molar-refractivity contribution < 1.29 is 20.1 Å². The lowest BCUT2D eigenvalue weighted by Crippen LogP contribution is -2.23. The van der Waals surface area contributed by atoms with Crippen LogP contribution in [0.25, 0.3) is 0 Å². The molecule has 0 amide bonds. The summed E-state index contributed by atoms with van der Waals surface area (Å²) in [6.07, 6.45) is -1.54. The molecule has 0 aliphatic carbocycles. The lowest BCUT2D eigenvalue weighted by molar-refractivity contribution is -0.141. The fourth-order valence-corrected chi connectivity index (χ4v) is 1.51. The van der Waals surface area contributed by atoms with Gasteiger partial charge in [-0.2, -0.15) is 0 Å². The van der Waals surface area contributed by atoms with Gasteiger partial charge < -0.3 is 15.3 Å². The molecular formula is C11H15NO4. The van der Waals surface area contributed by atoms with E-state index in [1.165, 1.54) is 0 Å². The summed E-state index contributed by atoms with van der Waals surface area (Å²) < 4.78 is 0. The first-order valence-electron chi connectivity index (χ1n) is 4.93. The van der Waals surface area contributed by atoms with E-state index in [0.29, 0.717) is 5.69 Å². The summed E-state index contributed by atoms with van der Waals surface area (Å²) in [7, 11) is 0. The van der Waals surface area contributed by atoms with Gasteiger partial charge in [0.1, 0.15) is 6.10 Å². The summed E-state index contributed by atoms with van der Waals surface area (Å²) in [5.74, 6) is -1.16. The van der Waals surface area contributed by atoms with E-state index in [-0.39, 0.29) is 0 Å². The maximum Gasteiger partial charge on any atom is 0.306 e. The number of hydrogen-bond donors (Lipinski definition) is 3. The van der Waals surface area contributed by atoms with Crippen molar-refractivity contribution in [3.05, 3.63) is 29.1 Å². The van der Waals surface area contributed by atoms with Crippen molar-refractivity contribution >= 4 is 5.97 Å². The predicted octanol–water partition coefficient (Wildman–Crippen LogP) is 0.567. The second-order valence-corrected chi connectivity index (χ2v) is 3.82. The van der Waals surface area contributed by atoms with Gasteiger partial charge in [-0.05, 0) is 25.0 Å². The van der Waals surface area contributed by atoms with Crippen LogP contribution in [0.3, 0.4) is 0 Å². The minimum atomic E-state index is -1.34. The van der Waals surface area contributed by atoms with Crippen LogP contribution >= 0.6 is 0 Å². The van der Waals surface area contributed by atoms with Crippen molar-refractivity contribution in [2.24, 2.45) is 0 Å². The van der Waals surface area contributed by atoms with Crippen LogP contribution in [0.15, 0.2) is 12.3 Å². The molecule has 0 aliphatic rings. The van der Waals surface area contributed by atoms with Crippen LogP contribution in [-0.2, 0) is 4.79 Å². The van der Waals surface area contributed by atoms with Gasteiger partial charge in [-0.1, -0.05) is 6.07 Å². The normalized spacial score (nSPS) is 14.5. The van der Waals surface area contributed by atoms with E-state index in [1.807, 2.05) is 13.0 Å². The number of aliphatic carboxylic acids is 1. The Kier molecular flexibility index (Phi) is 3.98. The second-order valence-electron chi connectivity index (χ2n) is 3.82. The molecule has 1 heterocycles. The van der Waals surface area contributed by atoms with Gasteiger partial charge in [0.25, 0.3) is 0 Å². The highest BCUT2D eigenvalue weighted by Gasteiger charge is 2.23. The van der Waals surface area contributed by atoms with Crippen LogP contribution in [0.4, 0.5) is 0 Å². The number of carbonyl (C=O) groups is 1. The smallest absolute Gasteiger partial charge is 0.306 e. The van der Waals surface area contributed by atoms with Crippen LogP contribution in [0.2, 0.25) is 0 Å². The molecule has 88 valence electrons. The lowest BCUT2D eigenvalue weighted by atomic mass is 10.0. The molecule has 0 spiro atoms. The maximum absolute atomic E-state index is 10.4. The Hall–Kier alpha value is -1.46. The fraction of sp³-hybridized carbons (Fsp3) is 0.455. The number of nitrogens with zero attached hydrogens (tertiary/aromatic N) is 1. The SMILES string of the molecule is Cc1cnc(C(O)C(O)CC(=O)O)c(C)c1. The van der Waals surface area contributed by atoms with Gasteiger partial charge >= 0.3 is 5.97 Å². The zero-order valence-corrected chi connectivity index (χ0v) is 9.21. The van der Waals surface area contributed by atoms with Gasteiger partial charge in [-0.25, -0.2) is 0 Å². The Morgan fingerprint density at radius 3 is 2.56 bits per heavy atom. The molecule has 16 heavy (non-hydrogen) atoms. The highest BCUT2D eigenvalue weighted by molar-refractivity contribution is 5.67. The highest BCUT2D eigenvalue weighted by Crippen LogP contribution is 2.20. The lowest BCUT2D eigenvalue weighted by Gasteiger charge is -2.17. The summed E-state index contributed by atoms with van der Waals surface area (Å²) >= 11 is 0. The van der Waals surface area contributed by atoms with E-state index in [4.69, 9.17) is 5.11 Å². The van der Waals surface area contributed by atoms with Crippen molar-refractivity contribution in [3.63, 3.8) is 0 Å². The monoisotopic (exact) mass is 225 g/mol. The molecule has 5 heteroatoms. The van der Waals surface area contributed by atoms with E-state index in [2.05, 4.69) is 4.98 Å². The fourth-order valence-electron chi connectivity index (χ4n) is 1.51. The van der Waals surface area contributed by atoms with Crippen LogP contribution in [0, 0.1) is 13.8 Å². The minimum Gasteiger partial charge on any atom is -0.481 e. The number of hydrogen-bond acceptors (Lipinski definition) is 4. The van der Waals surface area contributed by atoms with E-state index < -0.39 is 24.6 Å². The standard InChI is InChI=1S/C11H15NO4/c1-6-3-7(2)10(12-5-6)11(16)8(13)4-9(14)15/h3,5,8,11,13,16H,4H2,1-2H3,(H,14,15). The van der Waals surface area contributed by atoms with Crippen molar-refractivity contribution in [2.75, 3.05) is 0 Å². The van der Waals surface area contributed by atoms with Gasteiger partial charge in [0, 0.05) is 6.20 Å². The molecule has 0 aliphatic heterocycles. The van der Waals surface area contributed by atoms with Crippen LogP contribution in [-0.4, -0.2) is 32.4 Å². The maximum atomic E-state index is 10.4. The molecule has 0 bridgehead atoms. The largest absolute Gasteiger partial charge is 0.481 e. The van der Waals surface area contributed by atoms with E-state index in [9.17, 15) is 15.0 Å². The zero-order valence-electron chi connectivity index (χ0n) is 9.21. The highest BCUT2D eigenvalue weighted by atomic mass is 16.4. The minimum absolute atomic E-state index is 0.319. The molecule has 0 aromatic carbocycles. The number of aromatic nitrogens is 1. The number of carboxylic acids is 1. The molecule has 1 aromatic rings. The van der Waals surface area contributed by atoms with Gasteiger partial charge in [0.05, 0.1) is 18.2 Å². The van der Waals surface area contributed by atoms with E-state index in [1.54, 1.807) is 13.1 Å². The molecule has 0 radical (unpaired) electrons. The number of aliphatic hydroxyl groups is 2. The molecule has 1 aromatic heterocycles. The van der Waals surface area contributed by atoms with Gasteiger partial charge in [-0.15, -0.1) is 0 Å². The first kappa shape index (κ1) is 12.6. The first-order chi connectivity index (χ1) is 7.41. The second kappa shape index (κ2) is 5.05. The molecular weight excluding hydrogens is 210 g/mol. The average Bonchev–Trinajstić information content (AvgIpc) is 2.15. The molecule has 5 nitrogen and oxygen atoms in total. The Labute approximate surface area is 93.4 Å². The Balaban J connectivity index is 2.87. The summed E-state index contributed by atoms with van der Waals surface area (Å²) in [5.41, 5.74) is 2.00. The number of aryl methyl sites for hydroxylation is 2. The molecule has 0 fully saturated rings. The zero-order chi connectivity index (χ0) is 12.3. The average molecular weight is 225 g/mol.